The fourth-order valence-electron chi connectivity index (χ4n) is 5.63. The zero-order chi connectivity index (χ0) is 23.3. The van der Waals surface area contributed by atoms with Crippen molar-refractivity contribution >= 4 is 39.4 Å². The molecule has 174 valence electrons. The minimum atomic E-state index is -1.04. The van der Waals surface area contributed by atoms with E-state index in [9.17, 15) is 14.4 Å². The quantitative estimate of drug-likeness (QED) is 0.586. The molecule has 2 fully saturated rings. The molecule has 1 aromatic heterocycles. The Bertz CT molecular complexity index is 1260. The lowest BCUT2D eigenvalue weighted by Crippen LogP contribution is -2.48. The van der Waals surface area contributed by atoms with E-state index >= 15 is 0 Å². The van der Waals surface area contributed by atoms with Crippen molar-refractivity contribution in [1.29, 1.82) is 0 Å². The third-order valence-electron chi connectivity index (χ3n) is 7.45. The van der Waals surface area contributed by atoms with Crippen LogP contribution in [0.3, 0.4) is 0 Å². The van der Waals surface area contributed by atoms with Crippen molar-refractivity contribution in [2.75, 3.05) is 19.6 Å². The number of urea groups is 1. The van der Waals surface area contributed by atoms with Gasteiger partial charge in [0.2, 0.25) is 5.91 Å². The summed E-state index contributed by atoms with van der Waals surface area (Å²) in [5.74, 6) is -0.144. The Kier molecular flexibility index (Phi) is 5.13. The van der Waals surface area contributed by atoms with Gasteiger partial charge < -0.3 is 10.2 Å². The number of nitrogens with one attached hydrogen (secondary N) is 1. The van der Waals surface area contributed by atoms with E-state index in [1.165, 1.54) is 4.70 Å². The SMILES string of the molecule is O=C(CN1C(=O)NC2(CCCc3ccccc32)C1=O)N1CCC(c2nc3ccccc3s2)CC1. The Morgan fingerprint density at radius 3 is 2.68 bits per heavy atom. The number of carbonyl (C=O) groups excluding carboxylic acids is 3. The maximum absolute atomic E-state index is 13.5. The van der Waals surface area contributed by atoms with Gasteiger partial charge in [0.15, 0.2) is 0 Å². The minimum absolute atomic E-state index is 0.174. The number of aryl methyl sites for hydroxylation is 1. The van der Waals surface area contributed by atoms with Crippen LogP contribution in [-0.4, -0.2) is 52.3 Å². The number of para-hydroxylation sites is 1. The number of piperidine rings is 1. The fraction of sp³-hybridized carbons (Fsp3) is 0.385. The first-order chi connectivity index (χ1) is 16.5. The summed E-state index contributed by atoms with van der Waals surface area (Å²) in [6, 6.07) is 15.5. The van der Waals surface area contributed by atoms with Gasteiger partial charge in [-0.15, -0.1) is 11.3 Å². The molecule has 3 aliphatic rings. The molecule has 1 aliphatic carbocycles. The van der Waals surface area contributed by atoms with E-state index < -0.39 is 11.6 Å². The molecule has 1 N–H and O–H groups in total. The summed E-state index contributed by atoms with van der Waals surface area (Å²) in [4.78, 5) is 47.1. The number of carbonyl (C=O) groups is 3. The number of likely N-dealkylation sites (tertiary alicyclic amines) is 1. The van der Waals surface area contributed by atoms with Gasteiger partial charge in [-0.2, -0.15) is 0 Å². The summed E-state index contributed by atoms with van der Waals surface area (Å²) < 4.78 is 1.19. The highest BCUT2D eigenvalue weighted by Crippen LogP contribution is 2.40. The molecule has 0 radical (unpaired) electrons. The molecule has 2 saturated heterocycles. The minimum Gasteiger partial charge on any atom is -0.341 e. The lowest BCUT2D eigenvalue weighted by molar-refractivity contribution is -0.140. The molecule has 2 aromatic carbocycles. The third kappa shape index (κ3) is 3.39. The second kappa shape index (κ2) is 8.20. The van der Waals surface area contributed by atoms with Crippen molar-refractivity contribution in [3.05, 3.63) is 64.7 Å². The van der Waals surface area contributed by atoms with Crippen LogP contribution in [0, 0.1) is 0 Å². The van der Waals surface area contributed by atoms with Gasteiger partial charge in [-0.1, -0.05) is 36.4 Å². The molecule has 1 spiro atoms. The number of fused-ring (bicyclic) bond motifs is 3. The topological polar surface area (TPSA) is 82.6 Å². The van der Waals surface area contributed by atoms with E-state index in [2.05, 4.69) is 11.4 Å². The number of nitrogens with zero attached hydrogens (tertiary/aromatic N) is 3. The summed E-state index contributed by atoms with van der Waals surface area (Å²) in [5.41, 5.74) is 1.95. The van der Waals surface area contributed by atoms with E-state index in [-0.39, 0.29) is 18.4 Å². The van der Waals surface area contributed by atoms with Crippen molar-refractivity contribution in [3.63, 3.8) is 0 Å². The maximum atomic E-state index is 13.5. The lowest BCUT2D eigenvalue weighted by Gasteiger charge is -2.34. The van der Waals surface area contributed by atoms with Crippen LogP contribution in [0.1, 0.15) is 47.7 Å². The summed E-state index contributed by atoms with van der Waals surface area (Å²) >= 11 is 1.73. The molecule has 1 atom stereocenters. The first-order valence-electron chi connectivity index (χ1n) is 11.9. The molecule has 8 heteroatoms. The number of hydrogen-bond acceptors (Lipinski definition) is 5. The zero-order valence-electron chi connectivity index (χ0n) is 18.8. The maximum Gasteiger partial charge on any atom is 0.325 e. The molecule has 2 aliphatic heterocycles. The molecule has 1 unspecified atom stereocenters. The highest BCUT2D eigenvalue weighted by molar-refractivity contribution is 7.18. The van der Waals surface area contributed by atoms with Crippen LogP contribution in [0.2, 0.25) is 0 Å². The number of rotatable bonds is 3. The van der Waals surface area contributed by atoms with Crippen molar-refractivity contribution in [3.8, 4) is 0 Å². The predicted molar refractivity (Wildman–Crippen MR) is 129 cm³/mol. The number of amides is 4. The molecule has 3 heterocycles. The molecule has 0 bridgehead atoms. The number of hydrogen-bond donors (Lipinski definition) is 1. The van der Waals surface area contributed by atoms with Gasteiger partial charge in [-0.05, 0) is 55.4 Å². The number of benzene rings is 2. The summed E-state index contributed by atoms with van der Waals surface area (Å²) in [5, 5.41) is 4.06. The molecule has 4 amide bonds. The van der Waals surface area contributed by atoms with Crippen molar-refractivity contribution in [1.82, 2.24) is 20.1 Å². The zero-order valence-corrected chi connectivity index (χ0v) is 19.6. The number of thiazole rings is 1. The molecular weight excluding hydrogens is 448 g/mol. The first-order valence-corrected chi connectivity index (χ1v) is 12.7. The fourth-order valence-corrected chi connectivity index (χ4v) is 6.77. The van der Waals surface area contributed by atoms with Gasteiger partial charge >= 0.3 is 6.03 Å². The summed E-state index contributed by atoms with van der Waals surface area (Å²) in [6.45, 7) is 1.01. The largest absolute Gasteiger partial charge is 0.341 e. The number of aromatic nitrogens is 1. The Labute approximate surface area is 201 Å². The van der Waals surface area contributed by atoms with Crippen molar-refractivity contribution in [2.45, 2.75) is 43.6 Å². The van der Waals surface area contributed by atoms with Gasteiger partial charge in [-0.3, -0.25) is 14.5 Å². The smallest absolute Gasteiger partial charge is 0.325 e. The molecule has 7 nitrogen and oxygen atoms in total. The Morgan fingerprint density at radius 1 is 1.09 bits per heavy atom. The van der Waals surface area contributed by atoms with Crippen LogP contribution in [0.5, 0.6) is 0 Å². The van der Waals surface area contributed by atoms with Crippen LogP contribution in [0.25, 0.3) is 10.2 Å². The van der Waals surface area contributed by atoms with E-state index in [4.69, 9.17) is 4.98 Å². The average molecular weight is 475 g/mol. The van der Waals surface area contributed by atoms with Crippen LogP contribution in [0.15, 0.2) is 48.5 Å². The van der Waals surface area contributed by atoms with Gasteiger partial charge in [-0.25, -0.2) is 9.78 Å². The monoisotopic (exact) mass is 474 g/mol. The molecule has 3 aromatic rings. The van der Waals surface area contributed by atoms with E-state index in [0.29, 0.717) is 25.4 Å². The Morgan fingerprint density at radius 2 is 1.85 bits per heavy atom. The molecular formula is C26H26N4O3S. The third-order valence-corrected chi connectivity index (χ3v) is 8.65. The predicted octanol–water partition coefficient (Wildman–Crippen LogP) is 3.79. The molecule has 6 rings (SSSR count). The highest BCUT2D eigenvalue weighted by atomic mass is 32.1. The average Bonchev–Trinajstić information content (AvgIpc) is 3.40. The van der Waals surface area contributed by atoms with Crippen LogP contribution < -0.4 is 5.32 Å². The number of imide groups is 1. The highest BCUT2D eigenvalue weighted by Gasteiger charge is 2.54. The Balaban J connectivity index is 1.13. The lowest BCUT2D eigenvalue weighted by atomic mass is 9.76. The van der Waals surface area contributed by atoms with Crippen LogP contribution in [-0.2, 0) is 21.5 Å². The van der Waals surface area contributed by atoms with Crippen molar-refractivity contribution in [2.24, 2.45) is 0 Å². The molecule has 34 heavy (non-hydrogen) atoms. The van der Waals surface area contributed by atoms with Crippen LogP contribution >= 0.6 is 11.3 Å². The van der Waals surface area contributed by atoms with Gasteiger partial charge in [0, 0.05) is 19.0 Å². The van der Waals surface area contributed by atoms with E-state index in [0.717, 1.165) is 52.2 Å². The van der Waals surface area contributed by atoms with E-state index in [1.54, 1.807) is 16.2 Å². The second-order valence-electron chi connectivity index (χ2n) is 9.41. The van der Waals surface area contributed by atoms with E-state index in [1.807, 2.05) is 42.5 Å². The van der Waals surface area contributed by atoms with Gasteiger partial charge in [0.25, 0.3) is 5.91 Å². The van der Waals surface area contributed by atoms with Crippen LogP contribution in [0.4, 0.5) is 4.79 Å². The van der Waals surface area contributed by atoms with Gasteiger partial charge in [0.1, 0.15) is 12.1 Å². The normalized spacial score (nSPS) is 22.9. The van der Waals surface area contributed by atoms with Crippen molar-refractivity contribution < 1.29 is 14.4 Å². The first kappa shape index (κ1) is 21.3. The van der Waals surface area contributed by atoms with Gasteiger partial charge in [0.05, 0.1) is 15.2 Å². The standard InChI is InChI=1S/C26H26N4O3S/c31-22(29-14-11-18(12-15-29)23-27-20-9-3-4-10-21(20)34-23)16-30-24(32)26(28-25(30)33)13-5-7-17-6-1-2-8-19(17)26/h1-4,6,8-10,18H,5,7,11-16H2,(H,28,33). The summed E-state index contributed by atoms with van der Waals surface area (Å²) in [7, 11) is 0. The second-order valence-corrected chi connectivity index (χ2v) is 10.5. The molecule has 0 saturated carbocycles. The Hall–Kier alpha value is -3.26. The summed E-state index contributed by atoms with van der Waals surface area (Å²) in [6.07, 6.45) is 3.95.